The minimum atomic E-state index is -1.87. The number of rotatable bonds is 4. The Morgan fingerprint density at radius 2 is 1.50 bits per heavy atom. The highest BCUT2D eigenvalue weighted by molar-refractivity contribution is 6.69. The Morgan fingerprint density at radius 1 is 1.00 bits per heavy atom. The fourth-order valence-electron chi connectivity index (χ4n) is 6.35. The monoisotopic (exact) mass is 339 g/mol. The normalized spacial score (nSPS) is 37.0. The first kappa shape index (κ1) is 16.4. The van der Waals surface area contributed by atoms with Crippen molar-refractivity contribution in [3.8, 4) is 6.07 Å². The second kappa shape index (κ2) is 5.44. The summed E-state index contributed by atoms with van der Waals surface area (Å²) >= 11 is 0. The molecule has 4 aliphatic carbocycles. The average Bonchev–Trinajstić information content (AvgIpc) is 2.51. The smallest absolute Gasteiger partial charge is 0.186 e. The van der Waals surface area contributed by atoms with Crippen LogP contribution < -0.4 is 0 Å². The Hall–Kier alpha value is -1.11. The molecule has 4 bridgehead atoms. The van der Waals surface area contributed by atoms with E-state index in [1.165, 1.54) is 38.5 Å². The second-order valence-electron chi connectivity index (χ2n) is 9.57. The lowest BCUT2D eigenvalue weighted by atomic mass is 9.45. The van der Waals surface area contributed by atoms with Crippen LogP contribution >= 0.6 is 0 Å². The van der Waals surface area contributed by atoms with Gasteiger partial charge < -0.3 is 4.43 Å². The summed E-state index contributed by atoms with van der Waals surface area (Å²) in [6.07, 6.45) is 7.73. The largest absolute Gasteiger partial charge is 0.396 e. The molecule has 24 heavy (non-hydrogen) atoms. The van der Waals surface area contributed by atoms with Gasteiger partial charge in [-0.15, -0.1) is 0 Å². The zero-order chi connectivity index (χ0) is 17.0. The van der Waals surface area contributed by atoms with E-state index < -0.39 is 13.9 Å². The summed E-state index contributed by atoms with van der Waals surface area (Å²) in [5.41, 5.74) is 0.365. The topological polar surface area (TPSA) is 33.0 Å². The molecule has 1 aromatic rings. The van der Waals surface area contributed by atoms with E-state index in [1.807, 2.05) is 6.07 Å². The molecule has 4 aliphatic rings. The Morgan fingerprint density at radius 3 is 1.92 bits per heavy atom. The highest BCUT2D eigenvalue weighted by Crippen LogP contribution is 2.66. The van der Waals surface area contributed by atoms with Crippen LogP contribution in [0.2, 0.25) is 19.6 Å². The van der Waals surface area contributed by atoms with Crippen LogP contribution in [0, 0.1) is 34.5 Å². The molecule has 0 heterocycles. The molecule has 0 aliphatic heterocycles. The van der Waals surface area contributed by atoms with Crippen molar-refractivity contribution in [2.75, 3.05) is 0 Å². The molecule has 5 rings (SSSR count). The Balaban J connectivity index is 1.85. The van der Waals surface area contributed by atoms with Gasteiger partial charge in [-0.25, -0.2) is 0 Å². The van der Waals surface area contributed by atoms with E-state index in [-0.39, 0.29) is 5.41 Å². The van der Waals surface area contributed by atoms with Gasteiger partial charge in [0, 0.05) is 5.41 Å². The van der Waals surface area contributed by atoms with Crippen LogP contribution in [0.1, 0.15) is 44.1 Å². The molecule has 0 unspecified atom stereocenters. The third-order valence-electron chi connectivity index (χ3n) is 6.58. The number of hydrogen-bond acceptors (Lipinski definition) is 2. The van der Waals surface area contributed by atoms with Crippen LogP contribution in [0.4, 0.5) is 0 Å². The third-order valence-corrected chi connectivity index (χ3v) is 7.50. The molecule has 4 fully saturated rings. The summed E-state index contributed by atoms with van der Waals surface area (Å²) < 4.78 is 6.82. The van der Waals surface area contributed by atoms with Gasteiger partial charge in [-0.2, -0.15) is 5.26 Å². The van der Waals surface area contributed by atoms with Crippen molar-refractivity contribution in [1.29, 1.82) is 5.26 Å². The maximum Gasteiger partial charge on any atom is 0.186 e. The van der Waals surface area contributed by atoms with Gasteiger partial charge in [0.25, 0.3) is 0 Å². The van der Waals surface area contributed by atoms with E-state index in [0.717, 1.165) is 23.3 Å². The Kier molecular flexibility index (Phi) is 3.71. The fourth-order valence-corrected chi connectivity index (χ4v) is 7.65. The predicted molar refractivity (Wildman–Crippen MR) is 98.8 cm³/mol. The quantitative estimate of drug-likeness (QED) is 0.681. The van der Waals surface area contributed by atoms with E-state index in [4.69, 9.17) is 4.43 Å². The molecule has 3 heteroatoms. The summed E-state index contributed by atoms with van der Waals surface area (Å²) in [6, 6.07) is 13.2. The van der Waals surface area contributed by atoms with E-state index in [0.29, 0.717) is 0 Å². The van der Waals surface area contributed by atoms with E-state index >= 15 is 0 Å². The lowest BCUT2D eigenvalue weighted by Crippen LogP contribution is -2.59. The molecule has 0 aromatic heterocycles. The Bertz CT molecular complexity index is 621. The van der Waals surface area contributed by atoms with Crippen LogP contribution in [-0.4, -0.2) is 8.32 Å². The minimum Gasteiger partial charge on any atom is -0.396 e. The molecular weight excluding hydrogens is 310 g/mol. The first-order valence-corrected chi connectivity index (χ1v) is 12.9. The van der Waals surface area contributed by atoms with Crippen molar-refractivity contribution in [3.63, 3.8) is 0 Å². The molecule has 4 saturated carbocycles. The summed E-state index contributed by atoms with van der Waals surface area (Å²) in [4.78, 5) is 0. The molecule has 128 valence electrons. The average molecular weight is 340 g/mol. The number of nitrogens with zero attached hydrogens (tertiary/aromatic N) is 1. The summed E-state index contributed by atoms with van der Waals surface area (Å²) in [7, 11) is -1.87. The van der Waals surface area contributed by atoms with Gasteiger partial charge >= 0.3 is 0 Å². The first-order chi connectivity index (χ1) is 11.4. The van der Waals surface area contributed by atoms with E-state index in [1.54, 1.807) is 0 Å². The van der Waals surface area contributed by atoms with Gasteiger partial charge in [-0.1, -0.05) is 30.3 Å². The van der Waals surface area contributed by atoms with Crippen molar-refractivity contribution in [3.05, 3.63) is 35.9 Å². The lowest BCUT2D eigenvalue weighted by Gasteiger charge is -2.62. The molecule has 2 nitrogen and oxygen atoms in total. The van der Waals surface area contributed by atoms with Crippen LogP contribution in [0.5, 0.6) is 0 Å². The third kappa shape index (κ3) is 2.47. The highest BCUT2D eigenvalue weighted by Gasteiger charge is 2.63. The molecule has 0 saturated heterocycles. The van der Waals surface area contributed by atoms with Crippen molar-refractivity contribution in [2.24, 2.45) is 23.2 Å². The van der Waals surface area contributed by atoms with Crippen LogP contribution in [0.15, 0.2) is 30.3 Å². The molecular formula is C21H29NOSi. The summed E-state index contributed by atoms with van der Waals surface area (Å²) in [5.74, 6) is 2.45. The van der Waals surface area contributed by atoms with Crippen LogP contribution in [-0.2, 0) is 10.0 Å². The molecule has 0 amide bonds. The Labute approximate surface area is 147 Å². The predicted octanol–water partition coefficient (Wildman–Crippen LogP) is 5.47. The van der Waals surface area contributed by atoms with Crippen LogP contribution in [0.3, 0.4) is 0 Å². The van der Waals surface area contributed by atoms with Gasteiger partial charge in [0.2, 0.25) is 0 Å². The lowest BCUT2D eigenvalue weighted by molar-refractivity contribution is -0.149. The van der Waals surface area contributed by atoms with E-state index in [9.17, 15) is 5.26 Å². The molecule has 0 spiro atoms. The van der Waals surface area contributed by atoms with Gasteiger partial charge in [0.1, 0.15) is 6.07 Å². The van der Waals surface area contributed by atoms with Gasteiger partial charge in [-0.05, 0) is 81.5 Å². The molecule has 0 N–H and O–H groups in total. The fraction of sp³-hybridized carbons (Fsp3) is 0.667. The van der Waals surface area contributed by atoms with Gasteiger partial charge in [0.15, 0.2) is 13.9 Å². The molecule has 0 radical (unpaired) electrons. The van der Waals surface area contributed by atoms with Crippen LogP contribution in [0.25, 0.3) is 0 Å². The summed E-state index contributed by atoms with van der Waals surface area (Å²) in [6.45, 7) is 6.67. The zero-order valence-electron chi connectivity index (χ0n) is 15.2. The summed E-state index contributed by atoms with van der Waals surface area (Å²) in [5, 5.41) is 10.5. The SMILES string of the molecule is C[Si](C)(C)O[C@@](C#N)(c1ccccc1)C12CC3CC(CC(C3)C1)C2. The molecule has 1 atom stereocenters. The zero-order valence-corrected chi connectivity index (χ0v) is 16.2. The number of benzene rings is 1. The van der Waals surface area contributed by atoms with Crippen molar-refractivity contribution in [2.45, 2.75) is 63.8 Å². The maximum absolute atomic E-state index is 10.5. The van der Waals surface area contributed by atoms with Crippen molar-refractivity contribution in [1.82, 2.24) is 0 Å². The van der Waals surface area contributed by atoms with Gasteiger partial charge in [0.05, 0.1) is 0 Å². The first-order valence-electron chi connectivity index (χ1n) is 9.53. The van der Waals surface area contributed by atoms with Gasteiger partial charge in [-0.3, -0.25) is 0 Å². The number of hydrogen-bond donors (Lipinski definition) is 0. The minimum absolute atomic E-state index is 0.0259. The van der Waals surface area contributed by atoms with Crippen molar-refractivity contribution < 1.29 is 4.43 Å². The standard InChI is InChI=1S/C21H29NOSi/c1-24(2,3)23-21(15-22,19-7-5-4-6-8-19)20-12-16-9-17(13-20)11-18(10-16)14-20/h4-8,16-18H,9-14H2,1-3H3/t16?,17?,18?,20?,21-/m0/s1. The van der Waals surface area contributed by atoms with E-state index in [2.05, 4.69) is 50.0 Å². The maximum atomic E-state index is 10.5. The highest BCUT2D eigenvalue weighted by atomic mass is 28.4. The number of nitriles is 1. The molecule has 1 aromatic carbocycles. The van der Waals surface area contributed by atoms with Crippen molar-refractivity contribution >= 4 is 8.32 Å². The second-order valence-corrected chi connectivity index (χ2v) is 14.0.